The van der Waals surface area contributed by atoms with Gasteiger partial charge < -0.3 is 21.5 Å². The summed E-state index contributed by atoms with van der Waals surface area (Å²) < 4.78 is 0. The number of nitrogens with one attached hydrogen (secondary N) is 2. The van der Waals surface area contributed by atoms with Gasteiger partial charge in [0.2, 0.25) is 5.95 Å². The van der Waals surface area contributed by atoms with Crippen molar-refractivity contribution in [3.05, 3.63) is 24.0 Å². The summed E-state index contributed by atoms with van der Waals surface area (Å²) in [5.74, 6) is 0.194. The van der Waals surface area contributed by atoms with E-state index in [0.29, 0.717) is 17.5 Å². The van der Waals surface area contributed by atoms with Crippen LogP contribution in [0.15, 0.2) is 18.5 Å². The van der Waals surface area contributed by atoms with Gasteiger partial charge in [0.15, 0.2) is 0 Å². The molecule has 1 heterocycles. The molecular formula is C14H21N5O2. The molecule has 21 heavy (non-hydrogen) atoms. The van der Waals surface area contributed by atoms with Gasteiger partial charge in [0.25, 0.3) is 5.91 Å². The summed E-state index contributed by atoms with van der Waals surface area (Å²) in [6.45, 7) is 5.50. The van der Waals surface area contributed by atoms with E-state index in [9.17, 15) is 9.90 Å². The van der Waals surface area contributed by atoms with Crippen molar-refractivity contribution in [2.24, 2.45) is 5.73 Å². The second-order valence-electron chi connectivity index (χ2n) is 5.38. The topological polar surface area (TPSA) is 113 Å². The number of hydrogen-bond acceptors (Lipinski definition) is 6. The van der Waals surface area contributed by atoms with Crippen molar-refractivity contribution >= 4 is 17.7 Å². The van der Waals surface area contributed by atoms with Crippen LogP contribution in [0.3, 0.4) is 0 Å². The second-order valence-corrected chi connectivity index (χ2v) is 5.38. The van der Waals surface area contributed by atoms with Crippen LogP contribution in [-0.2, 0) is 0 Å². The predicted molar refractivity (Wildman–Crippen MR) is 80.9 cm³/mol. The van der Waals surface area contributed by atoms with Crippen LogP contribution in [0, 0.1) is 0 Å². The number of anilines is 2. The van der Waals surface area contributed by atoms with E-state index in [0.717, 1.165) is 25.7 Å². The number of carbonyl (C=O) groups excluding carboxylic acids is 1. The zero-order valence-electron chi connectivity index (χ0n) is 12.1. The first kappa shape index (κ1) is 15.2. The first-order chi connectivity index (χ1) is 9.95. The minimum absolute atomic E-state index is 0.207. The molecule has 2 rings (SSSR count). The first-order valence-electron chi connectivity index (χ1n) is 6.99. The second kappa shape index (κ2) is 6.53. The molecule has 0 radical (unpaired) electrons. The van der Waals surface area contributed by atoms with Gasteiger partial charge in [0, 0.05) is 17.9 Å². The van der Waals surface area contributed by atoms with Crippen LogP contribution in [0.4, 0.5) is 11.8 Å². The number of amides is 1. The Morgan fingerprint density at radius 2 is 2.10 bits per heavy atom. The lowest BCUT2D eigenvalue weighted by Gasteiger charge is -2.26. The third kappa shape index (κ3) is 4.16. The van der Waals surface area contributed by atoms with Crippen molar-refractivity contribution in [1.82, 2.24) is 9.97 Å². The van der Waals surface area contributed by atoms with Gasteiger partial charge in [0.05, 0.1) is 6.10 Å². The summed E-state index contributed by atoms with van der Waals surface area (Å²) in [6, 6.07) is 0.227. The van der Waals surface area contributed by atoms with Crippen LogP contribution in [0.5, 0.6) is 0 Å². The maximum atomic E-state index is 11.4. The Bertz CT molecular complexity index is 538. The van der Waals surface area contributed by atoms with Crippen LogP contribution in [-0.4, -0.2) is 33.1 Å². The highest BCUT2D eigenvalue weighted by molar-refractivity contribution is 5.97. The maximum absolute atomic E-state index is 11.4. The number of hydrogen-bond donors (Lipinski definition) is 4. The normalized spacial score (nSPS) is 21.6. The molecule has 0 bridgehead atoms. The average molecular weight is 291 g/mol. The summed E-state index contributed by atoms with van der Waals surface area (Å²) in [5, 5.41) is 15.6. The molecule has 1 fully saturated rings. The third-order valence-corrected chi connectivity index (χ3v) is 3.42. The number of primary amides is 1. The highest BCUT2D eigenvalue weighted by Crippen LogP contribution is 2.22. The fourth-order valence-electron chi connectivity index (χ4n) is 2.33. The largest absolute Gasteiger partial charge is 0.393 e. The summed E-state index contributed by atoms with van der Waals surface area (Å²) in [6.07, 6.45) is 4.47. The molecule has 1 aromatic heterocycles. The van der Waals surface area contributed by atoms with E-state index in [1.54, 1.807) is 6.92 Å². The number of carbonyl (C=O) groups is 1. The lowest BCUT2D eigenvalue weighted by molar-refractivity contribution is 0.100. The van der Waals surface area contributed by atoms with Gasteiger partial charge in [-0.3, -0.25) is 4.79 Å². The third-order valence-electron chi connectivity index (χ3n) is 3.42. The van der Waals surface area contributed by atoms with Crippen LogP contribution in [0.2, 0.25) is 0 Å². The maximum Gasteiger partial charge on any atom is 0.254 e. The zero-order chi connectivity index (χ0) is 15.4. The Hall–Kier alpha value is -2.15. The number of aliphatic hydroxyl groups is 1. The predicted octanol–water partition coefficient (Wildman–Crippen LogP) is 1.24. The van der Waals surface area contributed by atoms with Gasteiger partial charge in [-0.25, -0.2) is 4.98 Å². The van der Waals surface area contributed by atoms with E-state index in [4.69, 9.17) is 5.73 Å². The standard InChI is InChI=1S/C14H21N5O2/c1-8(2)17-13-11(12(15)21)7-16-14(19-13)18-9-3-5-10(20)6-4-9/h7,9-10,20H,1,3-6H2,2H3,(H2,15,21)(H2,16,17,18,19). The lowest BCUT2D eigenvalue weighted by Crippen LogP contribution is -2.29. The molecule has 0 aliphatic heterocycles. The Balaban J connectivity index is 2.13. The molecule has 1 aliphatic carbocycles. The fourth-order valence-corrected chi connectivity index (χ4v) is 2.33. The van der Waals surface area contributed by atoms with E-state index in [-0.39, 0.29) is 17.7 Å². The summed E-state index contributed by atoms with van der Waals surface area (Å²) in [7, 11) is 0. The lowest BCUT2D eigenvalue weighted by atomic mass is 9.93. The monoisotopic (exact) mass is 291 g/mol. The summed E-state index contributed by atoms with van der Waals surface area (Å²) >= 11 is 0. The molecular weight excluding hydrogens is 270 g/mol. The number of rotatable bonds is 5. The quantitative estimate of drug-likeness (QED) is 0.649. The van der Waals surface area contributed by atoms with Crippen molar-refractivity contribution < 1.29 is 9.90 Å². The van der Waals surface area contributed by atoms with E-state index >= 15 is 0 Å². The minimum Gasteiger partial charge on any atom is -0.393 e. The van der Waals surface area contributed by atoms with Gasteiger partial charge in [-0.05, 0) is 32.6 Å². The molecule has 7 nitrogen and oxygen atoms in total. The highest BCUT2D eigenvalue weighted by atomic mass is 16.3. The highest BCUT2D eigenvalue weighted by Gasteiger charge is 2.20. The number of nitrogens with two attached hydrogens (primary N) is 1. The van der Waals surface area contributed by atoms with Crippen LogP contribution in [0.1, 0.15) is 43.0 Å². The Labute approximate surface area is 123 Å². The average Bonchev–Trinajstić information content (AvgIpc) is 2.40. The Morgan fingerprint density at radius 3 is 2.67 bits per heavy atom. The van der Waals surface area contributed by atoms with E-state index < -0.39 is 5.91 Å². The molecule has 0 saturated heterocycles. The van der Waals surface area contributed by atoms with Crippen LogP contribution in [0.25, 0.3) is 0 Å². The number of aromatic nitrogens is 2. The van der Waals surface area contributed by atoms with Gasteiger partial charge in [-0.15, -0.1) is 0 Å². The molecule has 1 amide bonds. The number of allylic oxidation sites excluding steroid dienone is 1. The molecule has 0 atom stereocenters. The van der Waals surface area contributed by atoms with Gasteiger partial charge in [-0.1, -0.05) is 6.58 Å². The molecule has 0 aromatic carbocycles. The molecule has 114 valence electrons. The van der Waals surface area contributed by atoms with Gasteiger partial charge in [0.1, 0.15) is 11.4 Å². The van der Waals surface area contributed by atoms with Crippen molar-refractivity contribution in [1.29, 1.82) is 0 Å². The molecule has 0 unspecified atom stereocenters. The smallest absolute Gasteiger partial charge is 0.254 e. The molecule has 1 aliphatic rings. The Kier molecular flexibility index (Phi) is 4.74. The summed E-state index contributed by atoms with van der Waals surface area (Å²) in [4.78, 5) is 19.8. The van der Waals surface area contributed by atoms with Gasteiger partial charge in [-0.2, -0.15) is 4.98 Å². The summed E-state index contributed by atoms with van der Waals surface area (Å²) in [5.41, 5.74) is 6.18. The van der Waals surface area contributed by atoms with Crippen LogP contribution < -0.4 is 16.4 Å². The molecule has 0 spiro atoms. The van der Waals surface area contributed by atoms with Crippen molar-refractivity contribution in [3.8, 4) is 0 Å². The molecule has 1 aromatic rings. The molecule has 7 heteroatoms. The number of nitrogens with zero attached hydrogens (tertiary/aromatic N) is 2. The Morgan fingerprint density at radius 1 is 1.43 bits per heavy atom. The minimum atomic E-state index is -0.592. The zero-order valence-corrected chi connectivity index (χ0v) is 12.1. The first-order valence-corrected chi connectivity index (χ1v) is 6.99. The SMILES string of the molecule is C=C(C)Nc1nc(NC2CCC(O)CC2)ncc1C(N)=O. The molecule has 1 saturated carbocycles. The van der Waals surface area contributed by atoms with Crippen molar-refractivity contribution in [3.63, 3.8) is 0 Å². The number of aliphatic hydroxyl groups excluding tert-OH is 1. The van der Waals surface area contributed by atoms with Crippen LogP contribution >= 0.6 is 0 Å². The molecule has 5 N–H and O–H groups in total. The van der Waals surface area contributed by atoms with Crippen molar-refractivity contribution in [2.75, 3.05) is 10.6 Å². The fraction of sp³-hybridized carbons (Fsp3) is 0.500. The van der Waals surface area contributed by atoms with Gasteiger partial charge >= 0.3 is 0 Å². The van der Waals surface area contributed by atoms with E-state index in [1.165, 1.54) is 6.20 Å². The van der Waals surface area contributed by atoms with E-state index in [1.807, 2.05) is 0 Å². The van der Waals surface area contributed by atoms with Crippen molar-refractivity contribution in [2.45, 2.75) is 44.8 Å². The van der Waals surface area contributed by atoms with E-state index in [2.05, 4.69) is 27.2 Å².